The number of hydrogen-bond acceptors (Lipinski definition) is 3. The molecule has 1 aromatic rings. The van der Waals surface area contributed by atoms with Crippen molar-refractivity contribution in [1.29, 1.82) is 0 Å². The molecule has 0 radical (unpaired) electrons. The Morgan fingerprint density at radius 2 is 2.10 bits per heavy atom. The Morgan fingerprint density at radius 1 is 1.40 bits per heavy atom. The van der Waals surface area contributed by atoms with Crippen molar-refractivity contribution in [2.24, 2.45) is 5.73 Å². The van der Waals surface area contributed by atoms with E-state index in [0.717, 1.165) is 37.8 Å². The molecule has 0 heterocycles. The Kier molecular flexibility index (Phi) is 5.13. The number of hydrogen-bond donors (Lipinski definition) is 1. The fourth-order valence-electron chi connectivity index (χ4n) is 3.18. The number of ether oxygens (including phenoxy) is 1. The van der Waals surface area contributed by atoms with Crippen LogP contribution >= 0.6 is 0 Å². The first-order chi connectivity index (χ1) is 9.59. The zero-order valence-corrected chi connectivity index (χ0v) is 12.4. The number of benzene rings is 1. The number of halogens is 1. The molecule has 0 unspecified atom stereocenters. The minimum Gasteiger partial charge on any atom is -0.381 e. The van der Waals surface area contributed by atoms with Crippen molar-refractivity contribution in [2.45, 2.75) is 43.9 Å². The maximum absolute atomic E-state index is 13.3. The Labute approximate surface area is 120 Å². The van der Waals surface area contributed by atoms with Gasteiger partial charge in [-0.25, -0.2) is 4.39 Å². The summed E-state index contributed by atoms with van der Waals surface area (Å²) < 4.78 is 18.7. The molecule has 0 saturated heterocycles. The number of rotatable bonds is 5. The molecule has 1 aliphatic carbocycles. The molecule has 0 aliphatic heterocycles. The molecule has 3 nitrogen and oxygen atoms in total. The van der Waals surface area contributed by atoms with Gasteiger partial charge in [-0.2, -0.15) is 0 Å². The summed E-state index contributed by atoms with van der Waals surface area (Å²) in [6, 6.07) is 6.80. The van der Waals surface area contributed by atoms with E-state index in [1.165, 1.54) is 6.07 Å². The van der Waals surface area contributed by atoms with Gasteiger partial charge in [0.05, 0.1) is 6.10 Å². The normalized spacial score (nSPS) is 26.9. The first-order valence-electron chi connectivity index (χ1n) is 7.28. The second kappa shape index (κ2) is 6.66. The minimum absolute atomic E-state index is 0.0152. The van der Waals surface area contributed by atoms with Crippen molar-refractivity contribution in [1.82, 2.24) is 4.90 Å². The van der Waals surface area contributed by atoms with Gasteiger partial charge in [-0.15, -0.1) is 0 Å². The van der Waals surface area contributed by atoms with E-state index in [-0.39, 0.29) is 11.4 Å². The third-order valence-electron chi connectivity index (χ3n) is 4.70. The van der Waals surface area contributed by atoms with E-state index in [9.17, 15) is 4.39 Å². The van der Waals surface area contributed by atoms with Crippen LogP contribution in [0.5, 0.6) is 0 Å². The second-order valence-corrected chi connectivity index (χ2v) is 5.85. The molecule has 0 aromatic heterocycles. The number of likely N-dealkylation sites (N-methyl/N-ethyl adjacent to an activating group) is 1. The van der Waals surface area contributed by atoms with Crippen molar-refractivity contribution in [3.63, 3.8) is 0 Å². The highest BCUT2D eigenvalue weighted by molar-refractivity contribution is 5.16. The highest BCUT2D eigenvalue weighted by Crippen LogP contribution is 2.34. The van der Waals surface area contributed by atoms with Crippen LogP contribution in [0.1, 0.15) is 31.2 Å². The Morgan fingerprint density at radius 3 is 2.65 bits per heavy atom. The topological polar surface area (TPSA) is 38.5 Å². The van der Waals surface area contributed by atoms with Crippen molar-refractivity contribution >= 4 is 0 Å². The molecule has 0 bridgehead atoms. The summed E-state index contributed by atoms with van der Waals surface area (Å²) in [7, 11) is 3.86. The van der Waals surface area contributed by atoms with Gasteiger partial charge in [0.2, 0.25) is 0 Å². The molecular weight excluding hydrogens is 255 g/mol. The summed E-state index contributed by atoms with van der Waals surface area (Å²) in [4.78, 5) is 2.29. The molecule has 1 aromatic carbocycles. The largest absolute Gasteiger partial charge is 0.381 e. The monoisotopic (exact) mass is 280 g/mol. The van der Waals surface area contributed by atoms with Crippen LogP contribution < -0.4 is 5.73 Å². The van der Waals surface area contributed by atoms with Crippen molar-refractivity contribution in [2.75, 3.05) is 20.7 Å². The van der Waals surface area contributed by atoms with E-state index in [4.69, 9.17) is 10.5 Å². The first kappa shape index (κ1) is 15.4. The van der Waals surface area contributed by atoms with Crippen LogP contribution in [0.15, 0.2) is 24.3 Å². The molecule has 0 spiro atoms. The van der Waals surface area contributed by atoms with Gasteiger partial charge in [-0.3, -0.25) is 4.90 Å². The average molecular weight is 280 g/mol. The molecule has 1 fully saturated rings. The molecular formula is C16H25FN2O. The average Bonchev–Trinajstić information content (AvgIpc) is 2.47. The van der Waals surface area contributed by atoms with Crippen molar-refractivity contribution < 1.29 is 9.13 Å². The molecule has 0 amide bonds. The third kappa shape index (κ3) is 3.37. The minimum atomic E-state index is -0.180. The number of nitrogens with two attached hydrogens (primary N) is 1. The van der Waals surface area contributed by atoms with Gasteiger partial charge in [0, 0.05) is 25.7 Å². The predicted octanol–water partition coefficient (Wildman–Crippen LogP) is 2.54. The van der Waals surface area contributed by atoms with E-state index in [1.54, 1.807) is 19.2 Å². The highest BCUT2D eigenvalue weighted by Gasteiger charge is 2.37. The predicted molar refractivity (Wildman–Crippen MR) is 78.9 cm³/mol. The van der Waals surface area contributed by atoms with Crippen molar-refractivity contribution in [3.8, 4) is 0 Å². The van der Waals surface area contributed by atoms with Gasteiger partial charge in [0.25, 0.3) is 0 Å². The van der Waals surface area contributed by atoms with Gasteiger partial charge in [0.15, 0.2) is 0 Å². The lowest BCUT2D eigenvalue weighted by Crippen LogP contribution is -2.54. The summed E-state index contributed by atoms with van der Waals surface area (Å²) in [6.07, 6.45) is 4.52. The molecule has 4 heteroatoms. The van der Waals surface area contributed by atoms with Crippen molar-refractivity contribution in [3.05, 3.63) is 35.6 Å². The van der Waals surface area contributed by atoms with Crippen LogP contribution in [0.25, 0.3) is 0 Å². The number of methoxy groups -OCH3 is 1. The fourth-order valence-corrected chi connectivity index (χ4v) is 3.18. The summed E-state index contributed by atoms with van der Waals surface area (Å²) >= 11 is 0. The summed E-state index contributed by atoms with van der Waals surface area (Å²) in [6.45, 7) is 1.36. The molecule has 112 valence electrons. The zero-order chi connectivity index (χ0) is 14.6. The smallest absolute Gasteiger partial charge is 0.123 e. The highest BCUT2D eigenvalue weighted by atomic mass is 19.1. The van der Waals surface area contributed by atoms with E-state index in [2.05, 4.69) is 11.9 Å². The van der Waals surface area contributed by atoms with Gasteiger partial charge in [-0.05, 0) is 50.4 Å². The molecule has 1 saturated carbocycles. The van der Waals surface area contributed by atoms with Gasteiger partial charge in [-0.1, -0.05) is 12.1 Å². The SMILES string of the molecule is COC1CCC(CN)(N(C)Cc2cccc(F)c2)CC1. The van der Waals surface area contributed by atoms with Crippen LogP contribution in [0.4, 0.5) is 4.39 Å². The van der Waals surface area contributed by atoms with E-state index < -0.39 is 0 Å². The Hall–Kier alpha value is -0.970. The summed E-state index contributed by atoms with van der Waals surface area (Å²) in [5.74, 6) is -0.180. The third-order valence-corrected chi connectivity index (χ3v) is 4.70. The lowest BCUT2D eigenvalue weighted by Gasteiger charge is -2.45. The maximum Gasteiger partial charge on any atom is 0.123 e. The Balaban J connectivity index is 2.04. The zero-order valence-electron chi connectivity index (χ0n) is 12.4. The fraction of sp³-hybridized carbons (Fsp3) is 0.625. The van der Waals surface area contributed by atoms with Gasteiger partial charge >= 0.3 is 0 Å². The Bertz CT molecular complexity index is 430. The maximum atomic E-state index is 13.3. The van der Waals surface area contributed by atoms with Crippen LogP contribution in [0, 0.1) is 5.82 Å². The van der Waals surface area contributed by atoms with Gasteiger partial charge < -0.3 is 10.5 Å². The second-order valence-electron chi connectivity index (χ2n) is 5.85. The van der Waals surface area contributed by atoms with E-state index >= 15 is 0 Å². The quantitative estimate of drug-likeness (QED) is 0.901. The molecule has 2 rings (SSSR count). The van der Waals surface area contributed by atoms with Crippen LogP contribution in [-0.2, 0) is 11.3 Å². The number of nitrogens with zero attached hydrogens (tertiary/aromatic N) is 1. The molecule has 20 heavy (non-hydrogen) atoms. The lowest BCUT2D eigenvalue weighted by molar-refractivity contribution is 0.000480. The van der Waals surface area contributed by atoms with Crippen LogP contribution in [0.3, 0.4) is 0 Å². The molecule has 1 aliphatic rings. The van der Waals surface area contributed by atoms with Gasteiger partial charge in [0.1, 0.15) is 5.82 Å². The van der Waals surface area contributed by atoms with Crippen LogP contribution in [0.2, 0.25) is 0 Å². The lowest BCUT2D eigenvalue weighted by atomic mass is 9.79. The van der Waals surface area contributed by atoms with E-state index in [1.807, 2.05) is 6.07 Å². The standard InChI is InChI=1S/C16H25FN2O/c1-19(11-13-4-3-5-14(17)10-13)16(12-18)8-6-15(20-2)7-9-16/h3-5,10,15H,6-9,11-12,18H2,1-2H3. The molecule has 2 N–H and O–H groups in total. The summed E-state index contributed by atoms with van der Waals surface area (Å²) in [5.41, 5.74) is 7.06. The summed E-state index contributed by atoms with van der Waals surface area (Å²) in [5, 5.41) is 0. The van der Waals surface area contributed by atoms with Crippen LogP contribution in [-0.4, -0.2) is 37.2 Å². The first-order valence-corrected chi connectivity index (χ1v) is 7.28. The van der Waals surface area contributed by atoms with E-state index in [0.29, 0.717) is 12.6 Å². The molecule has 0 atom stereocenters.